The summed E-state index contributed by atoms with van der Waals surface area (Å²) in [7, 11) is 4.07. The molecule has 0 atom stereocenters. The molecule has 0 bridgehead atoms. The number of rotatable bonds is 7. The molecule has 7 nitrogen and oxygen atoms in total. The lowest BCUT2D eigenvalue weighted by Gasteiger charge is -2.15. The van der Waals surface area contributed by atoms with Gasteiger partial charge in [-0.2, -0.15) is 5.10 Å². The average Bonchev–Trinajstić information content (AvgIpc) is 3.41. The summed E-state index contributed by atoms with van der Waals surface area (Å²) < 4.78 is 7.36. The number of nitrogens with zero attached hydrogens (tertiary/aromatic N) is 4. The van der Waals surface area contributed by atoms with Crippen molar-refractivity contribution >= 4 is 16.9 Å². The second kappa shape index (κ2) is 8.73. The lowest BCUT2D eigenvalue weighted by atomic mass is 10.1. The van der Waals surface area contributed by atoms with E-state index in [1.165, 1.54) is 5.56 Å². The fourth-order valence-corrected chi connectivity index (χ4v) is 3.63. The lowest BCUT2D eigenvalue weighted by molar-refractivity contribution is 0.0952. The van der Waals surface area contributed by atoms with E-state index < -0.39 is 0 Å². The van der Waals surface area contributed by atoms with Crippen LogP contribution in [0.5, 0.6) is 0 Å². The monoisotopic (exact) mass is 417 g/mol. The molecule has 160 valence electrons. The smallest absolute Gasteiger partial charge is 0.252 e. The molecule has 0 saturated carbocycles. The van der Waals surface area contributed by atoms with Crippen LogP contribution in [0.1, 0.15) is 41.4 Å². The van der Waals surface area contributed by atoms with Crippen molar-refractivity contribution in [3.63, 3.8) is 0 Å². The number of nitrogens with one attached hydrogen (secondary N) is 1. The number of amides is 1. The molecule has 0 aliphatic heterocycles. The Balaban J connectivity index is 1.68. The van der Waals surface area contributed by atoms with Gasteiger partial charge in [0.2, 0.25) is 0 Å². The van der Waals surface area contributed by atoms with E-state index in [1.807, 2.05) is 63.0 Å². The van der Waals surface area contributed by atoms with Crippen LogP contribution in [0.4, 0.5) is 0 Å². The van der Waals surface area contributed by atoms with Crippen LogP contribution in [-0.2, 0) is 13.1 Å². The Bertz CT molecular complexity index is 1190. The summed E-state index contributed by atoms with van der Waals surface area (Å²) in [5, 5.41) is 8.27. The predicted octanol–water partition coefficient (Wildman–Crippen LogP) is 4.26. The number of fused-ring (bicyclic) bond motifs is 1. The molecular formula is C24H27N5O2. The first kappa shape index (κ1) is 20.8. The van der Waals surface area contributed by atoms with Crippen molar-refractivity contribution in [2.24, 2.45) is 0 Å². The van der Waals surface area contributed by atoms with Gasteiger partial charge in [0.15, 0.2) is 11.4 Å². The zero-order chi connectivity index (χ0) is 22.0. The standard InChI is InChI=1S/C24H27N5O2/c1-16(2)29-23-20(14-26-29)19(12-21(27-23)22-10-7-11-31-22)24(30)25-13-17-8-5-6-9-18(17)15-28(3)4/h5-12,14,16H,13,15H2,1-4H3,(H,25,30). The summed E-state index contributed by atoms with van der Waals surface area (Å²) in [5.74, 6) is 0.451. The third kappa shape index (κ3) is 4.36. The van der Waals surface area contributed by atoms with Gasteiger partial charge in [0.05, 0.1) is 23.4 Å². The number of carbonyl (C=O) groups is 1. The molecule has 31 heavy (non-hydrogen) atoms. The van der Waals surface area contributed by atoms with Crippen molar-refractivity contribution in [1.82, 2.24) is 25.0 Å². The van der Waals surface area contributed by atoms with E-state index in [1.54, 1.807) is 18.5 Å². The van der Waals surface area contributed by atoms with Gasteiger partial charge in [-0.1, -0.05) is 24.3 Å². The van der Waals surface area contributed by atoms with Gasteiger partial charge in [-0.15, -0.1) is 0 Å². The Kier molecular flexibility index (Phi) is 5.86. The summed E-state index contributed by atoms with van der Waals surface area (Å²) in [5.41, 5.74) is 4.10. The molecule has 0 radical (unpaired) electrons. The Labute approximate surface area is 181 Å². The van der Waals surface area contributed by atoms with Gasteiger partial charge in [0, 0.05) is 19.1 Å². The summed E-state index contributed by atoms with van der Waals surface area (Å²) >= 11 is 0. The number of hydrogen-bond donors (Lipinski definition) is 1. The van der Waals surface area contributed by atoms with Crippen LogP contribution in [0.25, 0.3) is 22.5 Å². The maximum Gasteiger partial charge on any atom is 0.252 e. The molecule has 3 aromatic heterocycles. The summed E-state index contributed by atoms with van der Waals surface area (Å²) in [4.78, 5) is 20.1. The van der Waals surface area contributed by atoms with Crippen LogP contribution >= 0.6 is 0 Å². The van der Waals surface area contributed by atoms with Gasteiger partial charge >= 0.3 is 0 Å². The zero-order valence-corrected chi connectivity index (χ0v) is 18.3. The van der Waals surface area contributed by atoms with Crippen molar-refractivity contribution in [2.45, 2.75) is 33.0 Å². The highest BCUT2D eigenvalue weighted by atomic mass is 16.3. The Morgan fingerprint density at radius 2 is 1.94 bits per heavy atom. The lowest BCUT2D eigenvalue weighted by Crippen LogP contribution is -2.24. The van der Waals surface area contributed by atoms with Crippen LogP contribution in [0, 0.1) is 0 Å². The SMILES string of the molecule is CC(C)n1ncc2c(C(=O)NCc3ccccc3CN(C)C)cc(-c3ccco3)nc21. The van der Waals surface area contributed by atoms with Gasteiger partial charge in [-0.25, -0.2) is 9.67 Å². The number of carbonyl (C=O) groups excluding carboxylic acids is 1. The maximum absolute atomic E-state index is 13.2. The van der Waals surface area contributed by atoms with Crippen LogP contribution in [-0.4, -0.2) is 39.7 Å². The topological polar surface area (TPSA) is 76.2 Å². The van der Waals surface area contributed by atoms with E-state index in [0.717, 1.165) is 17.5 Å². The number of pyridine rings is 1. The molecule has 3 heterocycles. The molecule has 0 aliphatic rings. The predicted molar refractivity (Wildman–Crippen MR) is 121 cm³/mol. The molecule has 0 saturated heterocycles. The normalized spacial score (nSPS) is 11.5. The minimum Gasteiger partial charge on any atom is -0.463 e. The highest BCUT2D eigenvalue weighted by Crippen LogP contribution is 2.26. The molecular weight excluding hydrogens is 390 g/mol. The molecule has 4 rings (SSSR count). The van der Waals surface area contributed by atoms with Crippen LogP contribution in [0.2, 0.25) is 0 Å². The van der Waals surface area contributed by atoms with E-state index in [-0.39, 0.29) is 11.9 Å². The van der Waals surface area contributed by atoms with Crippen molar-refractivity contribution in [3.05, 3.63) is 71.6 Å². The van der Waals surface area contributed by atoms with E-state index >= 15 is 0 Å². The largest absolute Gasteiger partial charge is 0.463 e. The van der Waals surface area contributed by atoms with Gasteiger partial charge in [0.25, 0.3) is 5.91 Å². The number of benzene rings is 1. The fraction of sp³-hybridized carbons (Fsp3) is 0.292. The number of aromatic nitrogens is 3. The van der Waals surface area contributed by atoms with Crippen LogP contribution < -0.4 is 5.32 Å². The quantitative estimate of drug-likeness (QED) is 0.486. The average molecular weight is 418 g/mol. The number of hydrogen-bond acceptors (Lipinski definition) is 5. The van der Waals surface area contributed by atoms with Gasteiger partial charge in [-0.3, -0.25) is 4.79 Å². The molecule has 0 fully saturated rings. The van der Waals surface area contributed by atoms with Gasteiger partial charge < -0.3 is 14.6 Å². The molecule has 1 amide bonds. The van der Waals surface area contributed by atoms with Crippen molar-refractivity contribution in [1.29, 1.82) is 0 Å². The maximum atomic E-state index is 13.2. The summed E-state index contributed by atoms with van der Waals surface area (Å²) in [6.45, 7) is 5.33. The van der Waals surface area contributed by atoms with Crippen molar-refractivity contribution in [3.8, 4) is 11.5 Å². The van der Waals surface area contributed by atoms with Crippen molar-refractivity contribution in [2.75, 3.05) is 14.1 Å². The fourth-order valence-electron chi connectivity index (χ4n) is 3.63. The summed E-state index contributed by atoms with van der Waals surface area (Å²) in [6.07, 6.45) is 3.31. The van der Waals surface area contributed by atoms with E-state index in [9.17, 15) is 4.79 Å². The number of furan rings is 1. The molecule has 1 N–H and O–H groups in total. The van der Waals surface area contributed by atoms with E-state index in [4.69, 9.17) is 9.40 Å². The Morgan fingerprint density at radius 3 is 2.61 bits per heavy atom. The minimum absolute atomic E-state index is 0.116. The molecule has 7 heteroatoms. The molecule has 0 unspecified atom stereocenters. The van der Waals surface area contributed by atoms with Gasteiger partial charge in [-0.05, 0) is 57.3 Å². The second-order valence-electron chi connectivity index (χ2n) is 8.14. The first-order valence-electron chi connectivity index (χ1n) is 10.4. The zero-order valence-electron chi connectivity index (χ0n) is 18.3. The second-order valence-corrected chi connectivity index (χ2v) is 8.14. The Morgan fingerprint density at radius 1 is 1.16 bits per heavy atom. The first-order valence-corrected chi connectivity index (χ1v) is 10.4. The van der Waals surface area contributed by atoms with Crippen LogP contribution in [0.3, 0.4) is 0 Å². The highest BCUT2D eigenvalue weighted by Gasteiger charge is 2.19. The van der Waals surface area contributed by atoms with E-state index in [2.05, 4.69) is 21.4 Å². The van der Waals surface area contributed by atoms with Crippen LogP contribution in [0.15, 0.2) is 59.3 Å². The summed E-state index contributed by atoms with van der Waals surface area (Å²) in [6, 6.07) is 13.7. The van der Waals surface area contributed by atoms with Crippen molar-refractivity contribution < 1.29 is 9.21 Å². The molecule has 0 aliphatic carbocycles. The third-order valence-electron chi connectivity index (χ3n) is 5.12. The van der Waals surface area contributed by atoms with E-state index in [0.29, 0.717) is 29.2 Å². The minimum atomic E-state index is -0.164. The third-order valence-corrected chi connectivity index (χ3v) is 5.12. The van der Waals surface area contributed by atoms with Gasteiger partial charge in [0.1, 0.15) is 5.69 Å². The highest BCUT2D eigenvalue weighted by molar-refractivity contribution is 6.06. The Hall–Kier alpha value is -3.45. The molecule has 4 aromatic rings. The molecule has 1 aromatic carbocycles. The first-order chi connectivity index (χ1) is 14.9. The molecule has 0 spiro atoms.